The smallest absolute Gasteiger partial charge is 0.324 e. The Balaban J connectivity index is 2.36. The van der Waals surface area contributed by atoms with Gasteiger partial charge < -0.3 is 10.0 Å². The van der Waals surface area contributed by atoms with Gasteiger partial charge in [0.1, 0.15) is 0 Å². The number of urea groups is 1. The van der Waals surface area contributed by atoms with Crippen molar-refractivity contribution >= 4 is 17.9 Å². The molecule has 1 fully saturated rings. The highest BCUT2D eigenvalue weighted by molar-refractivity contribution is 5.94. The molecule has 0 spiro atoms. The molecule has 1 saturated heterocycles. The van der Waals surface area contributed by atoms with Crippen molar-refractivity contribution in [2.45, 2.75) is 52.4 Å². The summed E-state index contributed by atoms with van der Waals surface area (Å²) < 4.78 is 0. The summed E-state index contributed by atoms with van der Waals surface area (Å²) >= 11 is 0. The molecule has 0 unspecified atom stereocenters. The summed E-state index contributed by atoms with van der Waals surface area (Å²) in [6.07, 6.45) is 3.29. The third-order valence-electron chi connectivity index (χ3n) is 4.27. The molecule has 0 aromatic heterocycles. The van der Waals surface area contributed by atoms with E-state index in [-0.39, 0.29) is 30.7 Å². The van der Waals surface area contributed by atoms with Crippen LogP contribution in [0.2, 0.25) is 0 Å². The van der Waals surface area contributed by atoms with Gasteiger partial charge in [-0.3, -0.25) is 14.9 Å². The van der Waals surface area contributed by atoms with Crippen LogP contribution in [0.25, 0.3) is 0 Å². The number of hydrogen-bond acceptors (Lipinski definition) is 3. The van der Waals surface area contributed by atoms with Crippen LogP contribution in [0.1, 0.15) is 52.4 Å². The predicted molar refractivity (Wildman–Crippen MR) is 74.2 cm³/mol. The first kappa shape index (κ1) is 16.5. The van der Waals surface area contributed by atoms with Crippen molar-refractivity contribution in [1.29, 1.82) is 0 Å². The second-order valence-corrected chi connectivity index (χ2v) is 5.48. The SMILES string of the molecule is CCC1(CC)CCN(C(=O)NC(=O)CCCC(=O)O)C1. The first-order valence-corrected chi connectivity index (χ1v) is 7.23. The quantitative estimate of drug-likeness (QED) is 0.781. The first-order chi connectivity index (χ1) is 9.42. The van der Waals surface area contributed by atoms with E-state index >= 15 is 0 Å². The number of aliphatic carboxylic acids is 1. The minimum absolute atomic E-state index is 0.0555. The van der Waals surface area contributed by atoms with Gasteiger partial charge in [-0.25, -0.2) is 4.79 Å². The molecule has 114 valence electrons. The molecule has 0 atom stereocenters. The number of carboxylic acid groups (broad SMARTS) is 1. The predicted octanol–water partition coefficient (Wildman–Crippen LogP) is 1.99. The fraction of sp³-hybridized carbons (Fsp3) is 0.786. The fourth-order valence-electron chi connectivity index (χ4n) is 2.60. The van der Waals surface area contributed by atoms with Crippen LogP contribution in [-0.2, 0) is 9.59 Å². The van der Waals surface area contributed by atoms with Crippen molar-refractivity contribution in [3.63, 3.8) is 0 Å². The summed E-state index contributed by atoms with van der Waals surface area (Å²) in [5.41, 5.74) is 0.184. The molecule has 1 heterocycles. The highest BCUT2D eigenvalue weighted by Gasteiger charge is 2.37. The molecular formula is C14H24N2O4. The zero-order chi connectivity index (χ0) is 15.2. The van der Waals surface area contributed by atoms with E-state index in [1.54, 1.807) is 4.90 Å². The van der Waals surface area contributed by atoms with E-state index in [2.05, 4.69) is 19.2 Å². The standard InChI is InChI=1S/C14H24N2O4/c1-3-14(4-2)8-9-16(10-14)13(20)15-11(17)6-5-7-12(18)19/h3-10H2,1-2H3,(H,18,19)(H,15,17,20). The molecule has 0 radical (unpaired) electrons. The zero-order valence-electron chi connectivity index (χ0n) is 12.3. The number of carbonyl (C=O) groups excluding carboxylic acids is 2. The molecule has 0 bridgehead atoms. The number of nitrogens with zero attached hydrogens (tertiary/aromatic N) is 1. The van der Waals surface area contributed by atoms with Gasteiger partial charge in [0.25, 0.3) is 0 Å². The molecule has 1 aliphatic rings. The molecule has 0 saturated carbocycles. The fourth-order valence-corrected chi connectivity index (χ4v) is 2.60. The summed E-state index contributed by atoms with van der Waals surface area (Å²) in [6, 6.07) is -0.353. The van der Waals surface area contributed by atoms with Crippen molar-refractivity contribution in [2.75, 3.05) is 13.1 Å². The van der Waals surface area contributed by atoms with E-state index in [0.717, 1.165) is 19.3 Å². The van der Waals surface area contributed by atoms with E-state index in [1.807, 2.05) is 0 Å². The lowest BCUT2D eigenvalue weighted by Gasteiger charge is -2.26. The van der Waals surface area contributed by atoms with E-state index in [9.17, 15) is 14.4 Å². The molecule has 3 amide bonds. The molecule has 1 rings (SSSR count). The molecular weight excluding hydrogens is 260 g/mol. The van der Waals surface area contributed by atoms with Gasteiger partial charge in [-0.1, -0.05) is 13.8 Å². The molecule has 0 aliphatic carbocycles. The first-order valence-electron chi connectivity index (χ1n) is 7.23. The molecule has 6 nitrogen and oxygen atoms in total. The number of likely N-dealkylation sites (tertiary alicyclic amines) is 1. The largest absolute Gasteiger partial charge is 0.481 e. The average molecular weight is 284 g/mol. The van der Waals surface area contributed by atoms with Crippen molar-refractivity contribution < 1.29 is 19.5 Å². The summed E-state index contributed by atoms with van der Waals surface area (Å²) in [4.78, 5) is 35.5. The van der Waals surface area contributed by atoms with Crippen LogP contribution >= 0.6 is 0 Å². The Hall–Kier alpha value is -1.59. The molecule has 0 aromatic carbocycles. The second-order valence-electron chi connectivity index (χ2n) is 5.48. The number of amides is 3. The topological polar surface area (TPSA) is 86.7 Å². The Kier molecular flexibility index (Phi) is 5.98. The number of nitrogens with one attached hydrogen (secondary N) is 1. The van der Waals surface area contributed by atoms with Crippen LogP contribution in [0.15, 0.2) is 0 Å². The second kappa shape index (κ2) is 7.26. The monoisotopic (exact) mass is 284 g/mol. The van der Waals surface area contributed by atoms with Gasteiger partial charge in [-0.2, -0.15) is 0 Å². The van der Waals surface area contributed by atoms with E-state index < -0.39 is 11.9 Å². The third-order valence-corrected chi connectivity index (χ3v) is 4.27. The van der Waals surface area contributed by atoms with Gasteiger partial charge in [0.05, 0.1) is 0 Å². The third kappa shape index (κ3) is 4.51. The number of imide groups is 1. The number of hydrogen-bond donors (Lipinski definition) is 2. The minimum Gasteiger partial charge on any atom is -0.481 e. The van der Waals surface area contributed by atoms with Crippen LogP contribution in [0.4, 0.5) is 4.79 Å². The summed E-state index contributed by atoms with van der Waals surface area (Å²) in [6.45, 7) is 5.62. The van der Waals surface area contributed by atoms with E-state index in [4.69, 9.17) is 5.11 Å². The van der Waals surface area contributed by atoms with Crippen molar-refractivity contribution in [2.24, 2.45) is 5.41 Å². The summed E-state index contributed by atoms with van der Waals surface area (Å²) in [7, 11) is 0. The molecule has 6 heteroatoms. The molecule has 2 N–H and O–H groups in total. The highest BCUT2D eigenvalue weighted by Crippen LogP contribution is 2.36. The van der Waals surface area contributed by atoms with Gasteiger partial charge in [0.15, 0.2) is 0 Å². The Morgan fingerprint density at radius 2 is 1.85 bits per heavy atom. The lowest BCUT2D eigenvalue weighted by atomic mass is 9.82. The lowest BCUT2D eigenvalue weighted by molar-refractivity contribution is -0.137. The Morgan fingerprint density at radius 3 is 2.35 bits per heavy atom. The van der Waals surface area contributed by atoms with Crippen LogP contribution in [0.3, 0.4) is 0 Å². The zero-order valence-corrected chi connectivity index (χ0v) is 12.3. The van der Waals surface area contributed by atoms with Crippen molar-refractivity contribution in [1.82, 2.24) is 10.2 Å². The van der Waals surface area contributed by atoms with Crippen molar-refractivity contribution in [3.8, 4) is 0 Å². The maximum atomic E-state index is 12.0. The Morgan fingerprint density at radius 1 is 1.20 bits per heavy atom. The highest BCUT2D eigenvalue weighted by atomic mass is 16.4. The maximum Gasteiger partial charge on any atom is 0.324 e. The van der Waals surface area contributed by atoms with Gasteiger partial charge in [0, 0.05) is 25.9 Å². The van der Waals surface area contributed by atoms with Crippen molar-refractivity contribution in [3.05, 3.63) is 0 Å². The number of rotatable bonds is 6. The molecule has 20 heavy (non-hydrogen) atoms. The van der Waals surface area contributed by atoms with Crippen LogP contribution in [-0.4, -0.2) is 41.0 Å². The van der Waals surface area contributed by atoms with Gasteiger partial charge in [-0.15, -0.1) is 0 Å². The van der Waals surface area contributed by atoms with Gasteiger partial charge in [0.2, 0.25) is 5.91 Å². The minimum atomic E-state index is -0.931. The number of carbonyl (C=O) groups is 3. The van der Waals surface area contributed by atoms with E-state index in [0.29, 0.717) is 13.1 Å². The normalized spacial score (nSPS) is 17.0. The Bertz CT molecular complexity index is 377. The van der Waals surface area contributed by atoms with Crippen LogP contribution in [0.5, 0.6) is 0 Å². The number of carboxylic acids is 1. The van der Waals surface area contributed by atoms with Crippen LogP contribution < -0.4 is 5.32 Å². The lowest BCUT2D eigenvalue weighted by Crippen LogP contribution is -2.42. The molecule has 1 aliphatic heterocycles. The Labute approximate surface area is 119 Å². The molecule has 0 aromatic rings. The maximum absolute atomic E-state index is 12.0. The summed E-state index contributed by atoms with van der Waals surface area (Å²) in [5, 5.41) is 10.8. The summed E-state index contributed by atoms with van der Waals surface area (Å²) in [5.74, 6) is -1.33. The average Bonchev–Trinajstić information content (AvgIpc) is 2.83. The van der Waals surface area contributed by atoms with E-state index in [1.165, 1.54) is 0 Å². The van der Waals surface area contributed by atoms with Crippen LogP contribution in [0, 0.1) is 5.41 Å². The van der Waals surface area contributed by atoms with Gasteiger partial charge >= 0.3 is 12.0 Å². The van der Waals surface area contributed by atoms with Gasteiger partial charge in [-0.05, 0) is 31.1 Å².